The van der Waals surface area contributed by atoms with E-state index in [0.717, 1.165) is 5.69 Å². The minimum absolute atomic E-state index is 0.116. The van der Waals surface area contributed by atoms with Crippen LogP contribution in [0.2, 0.25) is 0 Å². The maximum Gasteiger partial charge on any atom is 0.269 e. The average molecular weight is 513 g/mol. The van der Waals surface area contributed by atoms with Crippen LogP contribution in [0.5, 0.6) is 0 Å². The van der Waals surface area contributed by atoms with Crippen LogP contribution in [-0.4, -0.2) is 21.0 Å². The fourth-order valence-electron chi connectivity index (χ4n) is 2.69. The standard InChI is InChI=1S/C20H20N2O2S6/c1-3-9-25-17-18(26-10-4-2)30-20(29-17)19-27-15-11-21(12-16(15)28-19)13-5-7-14(8-6-13)22(23)24/h5-8,11-12H,3-4,9-10H2,1-2H3. The van der Waals surface area contributed by atoms with Crippen LogP contribution in [0, 0.1) is 10.1 Å². The summed E-state index contributed by atoms with van der Waals surface area (Å²) in [6, 6.07) is 6.69. The molecule has 4 rings (SSSR count). The predicted molar refractivity (Wildman–Crippen MR) is 139 cm³/mol. The molecule has 158 valence electrons. The van der Waals surface area contributed by atoms with Crippen molar-refractivity contribution in [3.05, 3.63) is 63.7 Å². The minimum atomic E-state index is -0.366. The van der Waals surface area contributed by atoms with Crippen LogP contribution in [0.1, 0.15) is 26.7 Å². The van der Waals surface area contributed by atoms with Gasteiger partial charge in [-0.3, -0.25) is 10.1 Å². The SMILES string of the molecule is CCCSC1=C(SCCC)SC(=C2Sc3cn(-c4ccc([N+](=O)[O-])cc4)cc3S2)S1. The van der Waals surface area contributed by atoms with E-state index in [1.807, 2.05) is 75.1 Å². The summed E-state index contributed by atoms with van der Waals surface area (Å²) < 4.78 is 7.76. The summed E-state index contributed by atoms with van der Waals surface area (Å²) in [6.45, 7) is 4.47. The highest BCUT2D eigenvalue weighted by Crippen LogP contribution is 2.64. The van der Waals surface area contributed by atoms with Crippen molar-refractivity contribution in [3.63, 3.8) is 0 Å². The summed E-state index contributed by atoms with van der Waals surface area (Å²) in [5.41, 5.74) is 1.05. The van der Waals surface area contributed by atoms with E-state index in [-0.39, 0.29) is 10.6 Å². The van der Waals surface area contributed by atoms with E-state index in [4.69, 9.17) is 0 Å². The molecule has 3 heterocycles. The Kier molecular flexibility index (Phi) is 7.86. The number of hydrogen-bond acceptors (Lipinski definition) is 8. The van der Waals surface area contributed by atoms with Crippen molar-refractivity contribution < 1.29 is 4.92 Å². The van der Waals surface area contributed by atoms with Gasteiger partial charge in [-0.15, -0.1) is 23.5 Å². The van der Waals surface area contributed by atoms with Gasteiger partial charge in [-0.2, -0.15) is 0 Å². The Hall–Kier alpha value is -0.520. The molecule has 2 aliphatic rings. The number of rotatable bonds is 8. The van der Waals surface area contributed by atoms with Crippen molar-refractivity contribution in [2.45, 2.75) is 36.5 Å². The molecule has 0 spiro atoms. The quantitative estimate of drug-likeness (QED) is 0.257. The Morgan fingerprint density at radius 2 is 1.37 bits per heavy atom. The third-order valence-electron chi connectivity index (χ3n) is 4.10. The lowest BCUT2D eigenvalue weighted by Crippen LogP contribution is -1.92. The molecule has 0 atom stereocenters. The molecule has 4 nitrogen and oxygen atoms in total. The molecule has 2 aromatic rings. The molecule has 0 unspecified atom stereocenters. The van der Waals surface area contributed by atoms with E-state index in [1.165, 1.54) is 51.1 Å². The van der Waals surface area contributed by atoms with Gasteiger partial charge in [0.05, 0.1) is 21.9 Å². The van der Waals surface area contributed by atoms with Crippen molar-refractivity contribution >= 4 is 76.3 Å². The summed E-state index contributed by atoms with van der Waals surface area (Å²) in [5.74, 6) is 2.34. The highest BCUT2D eigenvalue weighted by Gasteiger charge is 2.30. The van der Waals surface area contributed by atoms with Gasteiger partial charge >= 0.3 is 0 Å². The Morgan fingerprint density at radius 1 is 0.867 bits per heavy atom. The second kappa shape index (κ2) is 10.4. The van der Waals surface area contributed by atoms with Crippen molar-refractivity contribution in [2.75, 3.05) is 11.5 Å². The Labute approximate surface area is 202 Å². The van der Waals surface area contributed by atoms with Crippen molar-refractivity contribution in [1.82, 2.24) is 4.57 Å². The largest absolute Gasteiger partial charge is 0.322 e. The van der Waals surface area contributed by atoms with Gasteiger partial charge in [0.1, 0.15) is 0 Å². The second-order valence-corrected chi connectivity index (χ2v) is 13.8. The average Bonchev–Trinajstić information content (AvgIpc) is 3.43. The van der Waals surface area contributed by atoms with Crippen LogP contribution in [-0.2, 0) is 0 Å². The first kappa shape index (κ1) is 22.7. The summed E-state index contributed by atoms with van der Waals surface area (Å²) in [6.07, 6.45) is 6.63. The third kappa shape index (κ3) is 5.10. The molecule has 0 fully saturated rings. The first-order valence-electron chi connectivity index (χ1n) is 9.51. The predicted octanol–water partition coefficient (Wildman–Crippen LogP) is 8.60. The highest BCUT2D eigenvalue weighted by molar-refractivity contribution is 8.42. The van der Waals surface area contributed by atoms with E-state index in [0.29, 0.717) is 0 Å². The fraction of sp³-hybridized carbons (Fsp3) is 0.300. The van der Waals surface area contributed by atoms with Gasteiger partial charge in [-0.1, -0.05) is 60.9 Å². The molecule has 10 heteroatoms. The lowest BCUT2D eigenvalue weighted by atomic mass is 10.3. The normalized spacial score (nSPS) is 15.9. The van der Waals surface area contributed by atoms with Crippen molar-refractivity contribution in [1.29, 1.82) is 0 Å². The van der Waals surface area contributed by atoms with E-state index >= 15 is 0 Å². The van der Waals surface area contributed by atoms with Gasteiger partial charge in [-0.05, 0) is 36.5 Å². The van der Waals surface area contributed by atoms with E-state index in [2.05, 4.69) is 26.2 Å². The van der Waals surface area contributed by atoms with E-state index in [1.54, 1.807) is 24.3 Å². The smallest absolute Gasteiger partial charge is 0.269 e. The van der Waals surface area contributed by atoms with Gasteiger partial charge < -0.3 is 4.57 Å². The molecule has 0 amide bonds. The monoisotopic (exact) mass is 512 g/mol. The Morgan fingerprint density at radius 3 is 1.83 bits per heavy atom. The van der Waals surface area contributed by atoms with E-state index in [9.17, 15) is 10.1 Å². The number of benzene rings is 1. The molecular weight excluding hydrogens is 493 g/mol. The zero-order chi connectivity index (χ0) is 21.1. The topological polar surface area (TPSA) is 48.1 Å². The number of thioether (sulfide) groups is 6. The number of aromatic nitrogens is 1. The van der Waals surface area contributed by atoms with Gasteiger partial charge in [0.25, 0.3) is 5.69 Å². The third-order valence-corrected chi connectivity index (χ3v) is 13.1. The minimum Gasteiger partial charge on any atom is -0.322 e. The van der Waals surface area contributed by atoms with E-state index < -0.39 is 0 Å². The molecular formula is C20H20N2O2S6. The highest BCUT2D eigenvalue weighted by atomic mass is 32.3. The molecule has 0 bridgehead atoms. The van der Waals surface area contributed by atoms with Crippen LogP contribution in [0.3, 0.4) is 0 Å². The summed E-state index contributed by atoms with van der Waals surface area (Å²) in [4.78, 5) is 13.0. The molecule has 0 saturated heterocycles. The zero-order valence-corrected chi connectivity index (χ0v) is 21.4. The van der Waals surface area contributed by atoms with Crippen LogP contribution in [0.25, 0.3) is 5.69 Å². The second-order valence-electron chi connectivity index (χ2n) is 6.42. The number of hydrogen-bond donors (Lipinski definition) is 0. The van der Waals surface area contributed by atoms with Crippen LogP contribution >= 0.6 is 70.6 Å². The lowest BCUT2D eigenvalue weighted by Gasteiger charge is -2.04. The lowest BCUT2D eigenvalue weighted by molar-refractivity contribution is -0.384. The Bertz CT molecular complexity index is 965. The van der Waals surface area contributed by atoms with Gasteiger partial charge in [0.2, 0.25) is 0 Å². The Balaban J connectivity index is 1.48. The molecule has 30 heavy (non-hydrogen) atoms. The molecule has 1 aromatic heterocycles. The summed E-state index contributed by atoms with van der Waals surface area (Å²) in [5, 5.41) is 10.9. The van der Waals surface area contributed by atoms with Crippen LogP contribution < -0.4 is 0 Å². The molecule has 0 saturated carbocycles. The van der Waals surface area contributed by atoms with Crippen molar-refractivity contribution in [3.8, 4) is 5.69 Å². The maximum absolute atomic E-state index is 10.9. The number of nitro benzene ring substituents is 1. The summed E-state index contributed by atoms with van der Waals surface area (Å²) >= 11 is 11.5. The molecule has 2 aliphatic heterocycles. The van der Waals surface area contributed by atoms with Crippen LogP contribution in [0.4, 0.5) is 5.69 Å². The first-order chi connectivity index (χ1) is 14.6. The van der Waals surface area contributed by atoms with Crippen molar-refractivity contribution in [2.24, 2.45) is 0 Å². The maximum atomic E-state index is 10.9. The van der Waals surface area contributed by atoms with Crippen LogP contribution in [0.15, 0.2) is 63.4 Å². The summed E-state index contributed by atoms with van der Waals surface area (Å²) in [7, 11) is 0. The fourth-order valence-corrected chi connectivity index (χ4v) is 11.2. The zero-order valence-electron chi connectivity index (χ0n) is 16.5. The molecule has 0 N–H and O–H groups in total. The number of fused-ring (bicyclic) bond motifs is 1. The van der Waals surface area contributed by atoms with Gasteiger partial charge in [-0.25, -0.2) is 0 Å². The number of nitrogens with zero attached hydrogens (tertiary/aromatic N) is 2. The number of non-ortho nitro benzene ring substituents is 1. The number of nitro groups is 1. The van der Waals surface area contributed by atoms with Gasteiger partial charge in [0.15, 0.2) is 0 Å². The first-order valence-corrected chi connectivity index (χ1v) is 14.7. The molecule has 0 radical (unpaired) electrons. The van der Waals surface area contributed by atoms with Gasteiger partial charge in [0, 0.05) is 40.0 Å². The molecule has 0 aliphatic carbocycles. The molecule has 1 aromatic carbocycles.